The molecule has 0 aliphatic carbocycles. The van der Waals surface area contributed by atoms with Crippen LogP contribution in [0.5, 0.6) is 0 Å². The molecule has 0 spiro atoms. The highest BCUT2D eigenvalue weighted by molar-refractivity contribution is 6.10. The van der Waals surface area contributed by atoms with Gasteiger partial charge in [-0.2, -0.15) is 5.10 Å². The van der Waals surface area contributed by atoms with Crippen LogP contribution in [0.3, 0.4) is 0 Å². The van der Waals surface area contributed by atoms with E-state index in [4.69, 9.17) is 5.73 Å². The number of aryl methyl sites for hydroxylation is 1. The van der Waals surface area contributed by atoms with Crippen molar-refractivity contribution in [3.63, 3.8) is 0 Å². The zero-order valence-electron chi connectivity index (χ0n) is 11.7. The molecule has 104 valence electrons. The van der Waals surface area contributed by atoms with E-state index in [0.717, 1.165) is 11.3 Å². The SMILES string of the molecule is Cc1ccc(N)cc1C(=O)c1cnn(-c2ccccc2)c1. The number of nitrogen functional groups attached to an aromatic ring is 1. The van der Waals surface area contributed by atoms with Crippen LogP contribution < -0.4 is 5.73 Å². The molecule has 0 aliphatic heterocycles. The molecular formula is C17H15N3O. The monoisotopic (exact) mass is 277 g/mol. The average Bonchev–Trinajstić information content (AvgIpc) is 3.00. The topological polar surface area (TPSA) is 60.9 Å². The second-order valence-electron chi connectivity index (χ2n) is 4.91. The number of hydrogen-bond donors (Lipinski definition) is 1. The summed E-state index contributed by atoms with van der Waals surface area (Å²) in [5, 5.41) is 4.25. The number of ketones is 1. The van der Waals surface area contributed by atoms with Gasteiger partial charge in [0.05, 0.1) is 17.4 Å². The lowest BCUT2D eigenvalue weighted by molar-refractivity contribution is 0.103. The quantitative estimate of drug-likeness (QED) is 0.591. The minimum absolute atomic E-state index is 0.0676. The molecule has 0 unspecified atom stereocenters. The highest BCUT2D eigenvalue weighted by Crippen LogP contribution is 2.18. The third-order valence-electron chi connectivity index (χ3n) is 3.37. The molecule has 2 aromatic carbocycles. The van der Waals surface area contributed by atoms with Crippen LogP contribution in [0, 0.1) is 6.92 Å². The van der Waals surface area contributed by atoms with Gasteiger partial charge in [-0.25, -0.2) is 4.68 Å². The van der Waals surface area contributed by atoms with Crippen molar-refractivity contribution in [3.8, 4) is 5.69 Å². The highest BCUT2D eigenvalue weighted by atomic mass is 16.1. The van der Waals surface area contributed by atoms with Crippen molar-refractivity contribution in [3.05, 3.63) is 77.6 Å². The minimum atomic E-state index is -0.0676. The van der Waals surface area contributed by atoms with E-state index in [-0.39, 0.29) is 5.78 Å². The van der Waals surface area contributed by atoms with Gasteiger partial charge in [0.1, 0.15) is 0 Å². The van der Waals surface area contributed by atoms with Gasteiger partial charge in [-0.05, 0) is 36.8 Å². The number of para-hydroxylation sites is 1. The third-order valence-corrected chi connectivity index (χ3v) is 3.37. The average molecular weight is 277 g/mol. The molecule has 0 radical (unpaired) electrons. The van der Waals surface area contributed by atoms with Gasteiger partial charge in [-0.15, -0.1) is 0 Å². The minimum Gasteiger partial charge on any atom is -0.399 e. The maximum Gasteiger partial charge on any atom is 0.196 e. The van der Waals surface area contributed by atoms with Gasteiger partial charge < -0.3 is 5.73 Å². The number of anilines is 1. The van der Waals surface area contributed by atoms with Crippen LogP contribution >= 0.6 is 0 Å². The summed E-state index contributed by atoms with van der Waals surface area (Å²) < 4.78 is 1.69. The first-order valence-corrected chi connectivity index (χ1v) is 6.66. The number of aromatic nitrogens is 2. The maximum atomic E-state index is 12.6. The summed E-state index contributed by atoms with van der Waals surface area (Å²) in [6.07, 6.45) is 3.32. The Bertz CT molecular complexity index is 791. The first-order valence-electron chi connectivity index (χ1n) is 6.66. The van der Waals surface area contributed by atoms with E-state index in [0.29, 0.717) is 16.8 Å². The van der Waals surface area contributed by atoms with Gasteiger partial charge in [0.2, 0.25) is 0 Å². The van der Waals surface area contributed by atoms with Gasteiger partial charge in [-0.3, -0.25) is 4.79 Å². The number of carbonyl (C=O) groups is 1. The fraction of sp³-hybridized carbons (Fsp3) is 0.0588. The molecule has 21 heavy (non-hydrogen) atoms. The number of carbonyl (C=O) groups excluding carboxylic acids is 1. The van der Waals surface area contributed by atoms with Crippen molar-refractivity contribution in [2.75, 3.05) is 5.73 Å². The smallest absolute Gasteiger partial charge is 0.196 e. The van der Waals surface area contributed by atoms with E-state index in [9.17, 15) is 4.79 Å². The summed E-state index contributed by atoms with van der Waals surface area (Å²) in [7, 11) is 0. The largest absolute Gasteiger partial charge is 0.399 e. The van der Waals surface area contributed by atoms with Crippen LogP contribution in [0.25, 0.3) is 5.69 Å². The van der Waals surface area contributed by atoms with E-state index in [1.807, 2.05) is 43.3 Å². The Morgan fingerprint density at radius 2 is 1.90 bits per heavy atom. The van der Waals surface area contributed by atoms with E-state index < -0.39 is 0 Å². The zero-order valence-corrected chi connectivity index (χ0v) is 11.7. The summed E-state index contributed by atoms with van der Waals surface area (Å²) in [4.78, 5) is 12.6. The van der Waals surface area contributed by atoms with Crippen LogP contribution in [-0.2, 0) is 0 Å². The number of nitrogens with two attached hydrogens (primary N) is 1. The Morgan fingerprint density at radius 3 is 2.67 bits per heavy atom. The number of hydrogen-bond acceptors (Lipinski definition) is 3. The summed E-state index contributed by atoms with van der Waals surface area (Å²) in [5.41, 5.74) is 9.33. The normalized spacial score (nSPS) is 10.5. The molecule has 0 saturated heterocycles. The lowest BCUT2D eigenvalue weighted by Gasteiger charge is -2.04. The van der Waals surface area contributed by atoms with Gasteiger partial charge in [0, 0.05) is 17.4 Å². The Kier molecular flexibility index (Phi) is 3.28. The second-order valence-corrected chi connectivity index (χ2v) is 4.91. The summed E-state index contributed by atoms with van der Waals surface area (Å²) in [6, 6.07) is 15.0. The van der Waals surface area contributed by atoms with Crippen LogP contribution in [0.1, 0.15) is 21.5 Å². The van der Waals surface area contributed by atoms with Gasteiger partial charge >= 0.3 is 0 Å². The Hall–Kier alpha value is -2.88. The molecule has 4 heteroatoms. The fourth-order valence-corrected chi connectivity index (χ4v) is 2.20. The molecule has 1 aromatic heterocycles. The van der Waals surface area contributed by atoms with E-state index in [2.05, 4.69) is 5.10 Å². The number of rotatable bonds is 3. The summed E-state index contributed by atoms with van der Waals surface area (Å²) >= 11 is 0. The molecule has 2 N–H and O–H groups in total. The van der Waals surface area contributed by atoms with Crippen molar-refractivity contribution < 1.29 is 4.79 Å². The lowest BCUT2D eigenvalue weighted by atomic mass is 10.0. The highest BCUT2D eigenvalue weighted by Gasteiger charge is 2.14. The molecule has 1 heterocycles. The molecule has 3 rings (SSSR count). The van der Waals surface area contributed by atoms with Crippen LogP contribution in [-0.4, -0.2) is 15.6 Å². The number of benzene rings is 2. The zero-order chi connectivity index (χ0) is 14.8. The Balaban J connectivity index is 1.96. The number of nitrogens with zero attached hydrogens (tertiary/aromatic N) is 2. The molecular weight excluding hydrogens is 262 g/mol. The summed E-state index contributed by atoms with van der Waals surface area (Å²) in [5.74, 6) is -0.0676. The van der Waals surface area contributed by atoms with Crippen LogP contribution in [0.15, 0.2) is 60.9 Å². The standard InChI is InChI=1S/C17H15N3O/c1-12-7-8-14(18)9-16(12)17(21)13-10-19-20(11-13)15-5-3-2-4-6-15/h2-11H,18H2,1H3. The first-order chi connectivity index (χ1) is 10.1. The van der Waals surface area contributed by atoms with Crippen molar-refractivity contribution in [2.24, 2.45) is 0 Å². The molecule has 0 amide bonds. The summed E-state index contributed by atoms with van der Waals surface area (Å²) in [6.45, 7) is 1.90. The maximum absolute atomic E-state index is 12.6. The van der Waals surface area contributed by atoms with Crippen molar-refractivity contribution in [1.29, 1.82) is 0 Å². The van der Waals surface area contributed by atoms with Crippen LogP contribution in [0.2, 0.25) is 0 Å². The van der Waals surface area contributed by atoms with Crippen LogP contribution in [0.4, 0.5) is 5.69 Å². The molecule has 0 bridgehead atoms. The molecule has 4 nitrogen and oxygen atoms in total. The van der Waals surface area contributed by atoms with Gasteiger partial charge in [0.15, 0.2) is 5.78 Å². The predicted octanol–water partition coefficient (Wildman–Crippen LogP) is 2.99. The molecule has 0 aliphatic rings. The van der Waals surface area contributed by atoms with Gasteiger partial charge in [0.25, 0.3) is 0 Å². The molecule has 0 atom stereocenters. The Morgan fingerprint density at radius 1 is 1.14 bits per heavy atom. The fourth-order valence-electron chi connectivity index (χ4n) is 2.20. The van der Waals surface area contributed by atoms with Crippen molar-refractivity contribution in [2.45, 2.75) is 6.92 Å². The molecule has 3 aromatic rings. The Labute approximate surface area is 122 Å². The first kappa shape index (κ1) is 13.1. The van der Waals surface area contributed by atoms with E-state index >= 15 is 0 Å². The molecule has 0 saturated carbocycles. The van der Waals surface area contributed by atoms with Crippen molar-refractivity contribution in [1.82, 2.24) is 9.78 Å². The van der Waals surface area contributed by atoms with E-state index in [1.54, 1.807) is 29.2 Å². The second kappa shape index (κ2) is 5.25. The molecule has 0 fully saturated rings. The third kappa shape index (κ3) is 2.56. The van der Waals surface area contributed by atoms with E-state index in [1.165, 1.54) is 0 Å². The predicted molar refractivity (Wildman–Crippen MR) is 82.6 cm³/mol. The lowest BCUT2D eigenvalue weighted by Crippen LogP contribution is -2.04. The van der Waals surface area contributed by atoms with Crippen molar-refractivity contribution >= 4 is 11.5 Å². The van der Waals surface area contributed by atoms with Gasteiger partial charge in [-0.1, -0.05) is 24.3 Å².